The number of amides is 1. The highest BCUT2D eigenvalue weighted by Gasteiger charge is 2.16. The van der Waals surface area contributed by atoms with E-state index in [0.29, 0.717) is 0 Å². The van der Waals surface area contributed by atoms with E-state index in [1.54, 1.807) is 10.9 Å². The third-order valence-electron chi connectivity index (χ3n) is 4.48. The van der Waals surface area contributed by atoms with Gasteiger partial charge in [-0.15, -0.1) is 0 Å². The van der Waals surface area contributed by atoms with E-state index in [1.807, 2.05) is 26.8 Å². The lowest BCUT2D eigenvalue weighted by Crippen LogP contribution is -2.34. The molecule has 0 aliphatic carbocycles. The smallest absolute Gasteiger partial charge is 0.242 e. The van der Waals surface area contributed by atoms with Gasteiger partial charge in [-0.05, 0) is 44.4 Å². The number of fused-ring (bicyclic) bond motifs is 1. The maximum absolute atomic E-state index is 12.2. The number of nitrogens with zero attached hydrogens (tertiary/aromatic N) is 3. The first-order valence-electron chi connectivity index (χ1n) is 8.68. The van der Waals surface area contributed by atoms with Crippen molar-refractivity contribution in [1.82, 2.24) is 20.1 Å². The van der Waals surface area contributed by atoms with Gasteiger partial charge in [-0.3, -0.25) is 4.79 Å². The Hall–Kier alpha value is -2.69. The topological polar surface area (TPSA) is 59.8 Å². The summed E-state index contributed by atoms with van der Waals surface area (Å²) >= 11 is 0. The molecule has 1 N–H and O–H groups in total. The van der Waals surface area contributed by atoms with Gasteiger partial charge in [0.05, 0.1) is 5.69 Å². The van der Waals surface area contributed by atoms with Crippen LogP contribution in [0.4, 0.5) is 0 Å². The molecule has 2 aromatic heterocycles. The third kappa shape index (κ3) is 3.55. The fourth-order valence-electron chi connectivity index (χ4n) is 2.92. The molecular weight excluding hydrogens is 312 g/mol. The van der Waals surface area contributed by atoms with Crippen LogP contribution in [0.3, 0.4) is 0 Å². The Labute approximate surface area is 148 Å². The van der Waals surface area contributed by atoms with Crippen LogP contribution in [0.1, 0.15) is 31.5 Å². The molecule has 1 amide bonds. The highest BCUT2D eigenvalue weighted by Crippen LogP contribution is 2.29. The Morgan fingerprint density at radius 3 is 2.60 bits per heavy atom. The molecule has 0 fully saturated rings. The maximum atomic E-state index is 12.2. The molecule has 0 aliphatic heterocycles. The monoisotopic (exact) mass is 336 g/mol. The standard InChI is InChI=1S/C20H24N4O/c1-5-14(3)22-18(25)12-24-20-19(15(4)23-24)17(10-11-21-20)16-8-6-13(2)7-9-16/h6-11,14H,5,12H2,1-4H3,(H,22,25). The number of hydrogen-bond donors (Lipinski definition) is 1. The number of carbonyl (C=O) groups excluding carboxylic acids is 1. The summed E-state index contributed by atoms with van der Waals surface area (Å²) in [6, 6.07) is 10.6. The summed E-state index contributed by atoms with van der Waals surface area (Å²) in [6.45, 7) is 8.26. The first-order chi connectivity index (χ1) is 12.0. The van der Waals surface area contributed by atoms with E-state index in [-0.39, 0.29) is 18.5 Å². The Morgan fingerprint density at radius 2 is 1.92 bits per heavy atom. The van der Waals surface area contributed by atoms with Crippen molar-refractivity contribution >= 4 is 16.9 Å². The highest BCUT2D eigenvalue weighted by molar-refractivity contribution is 5.95. The molecule has 0 saturated carbocycles. The predicted molar refractivity (Wildman–Crippen MR) is 100 cm³/mol. The summed E-state index contributed by atoms with van der Waals surface area (Å²) in [6.07, 6.45) is 2.68. The molecule has 0 saturated heterocycles. The van der Waals surface area contributed by atoms with Gasteiger partial charge in [0, 0.05) is 17.6 Å². The van der Waals surface area contributed by atoms with Crippen molar-refractivity contribution in [2.45, 2.75) is 46.7 Å². The lowest BCUT2D eigenvalue weighted by molar-refractivity contribution is -0.122. The molecule has 0 spiro atoms. The van der Waals surface area contributed by atoms with Crippen molar-refractivity contribution in [3.8, 4) is 11.1 Å². The number of rotatable bonds is 5. The van der Waals surface area contributed by atoms with Gasteiger partial charge in [0.15, 0.2) is 5.65 Å². The van der Waals surface area contributed by atoms with Crippen LogP contribution in [0.2, 0.25) is 0 Å². The summed E-state index contributed by atoms with van der Waals surface area (Å²) in [5, 5.41) is 8.54. The van der Waals surface area contributed by atoms with E-state index in [0.717, 1.165) is 34.3 Å². The normalized spacial score (nSPS) is 12.3. The number of aryl methyl sites for hydroxylation is 2. The molecule has 0 bridgehead atoms. The minimum absolute atomic E-state index is 0.0405. The van der Waals surface area contributed by atoms with Crippen LogP contribution < -0.4 is 5.32 Å². The molecule has 3 aromatic rings. The van der Waals surface area contributed by atoms with Crippen LogP contribution in [-0.2, 0) is 11.3 Å². The molecule has 2 heterocycles. The van der Waals surface area contributed by atoms with Gasteiger partial charge < -0.3 is 5.32 Å². The van der Waals surface area contributed by atoms with Gasteiger partial charge in [-0.2, -0.15) is 5.10 Å². The molecule has 3 rings (SSSR count). The van der Waals surface area contributed by atoms with Gasteiger partial charge in [0.2, 0.25) is 5.91 Å². The number of carbonyl (C=O) groups is 1. The van der Waals surface area contributed by atoms with Gasteiger partial charge in [0.25, 0.3) is 0 Å². The zero-order valence-corrected chi connectivity index (χ0v) is 15.2. The van der Waals surface area contributed by atoms with Crippen molar-refractivity contribution in [2.24, 2.45) is 0 Å². The quantitative estimate of drug-likeness (QED) is 0.774. The largest absolute Gasteiger partial charge is 0.352 e. The minimum atomic E-state index is -0.0405. The summed E-state index contributed by atoms with van der Waals surface area (Å²) in [7, 11) is 0. The van der Waals surface area contributed by atoms with Crippen LogP contribution in [0.15, 0.2) is 36.5 Å². The number of pyridine rings is 1. The number of nitrogens with one attached hydrogen (secondary N) is 1. The molecule has 5 heteroatoms. The van der Waals surface area contributed by atoms with Crippen molar-refractivity contribution < 1.29 is 4.79 Å². The molecule has 1 unspecified atom stereocenters. The van der Waals surface area contributed by atoms with Crippen LogP contribution in [0.25, 0.3) is 22.2 Å². The van der Waals surface area contributed by atoms with Gasteiger partial charge in [-0.25, -0.2) is 9.67 Å². The highest BCUT2D eigenvalue weighted by atomic mass is 16.2. The first kappa shape index (κ1) is 17.1. The Morgan fingerprint density at radius 1 is 1.20 bits per heavy atom. The van der Waals surface area contributed by atoms with E-state index < -0.39 is 0 Å². The van der Waals surface area contributed by atoms with E-state index in [2.05, 4.69) is 46.6 Å². The molecule has 1 aromatic carbocycles. The van der Waals surface area contributed by atoms with E-state index in [1.165, 1.54) is 5.56 Å². The van der Waals surface area contributed by atoms with Crippen molar-refractivity contribution in [3.63, 3.8) is 0 Å². The molecular formula is C20H24N4O. The fourth-order valence-corrected chi connectivity index (χ4v) is 2.92. The summed E-state index contributed by atoms with van der Waals surface area (Å²) < 4.78 is 1.69. The van der Waals surface area contributed by atoms with Crippen LogP contribution in [0, 0.1) is 13.8 Å². The lowest BCUT2D eigenvalue weighted by atomic mass is 10.0. The SMILES string of the molecule is CCC(C)NC(=O)Cn1nc(C)c2c(-c3ccc(C)cc3)ccnc21. The number of benzene rings is 1. The second-order valence-electron chi connectivity index (χ2n) is 6.54. The molecule has 0 aliphatic rings. The molecule has 5 nitrogen and oxygen atoms in total. The minimum Gasteiger partial charge on any atom is -0.352 e. The molecule has 25 heavy (non-hydrogen) atoms. The predicted octanol–water partition coefficient (Wildman–Crippen LogP) is 3.63. The van der Waals surface area contributed by atoms with E-state index >= 15 is 0 Å². The first-order valence-corrected chi connectivity index (χ1v) is 8.68. The summed E-state index contributed by atoms with van der Waals surface area (Å²) in [5.74, 6) is -0.0405. The second-order valence-corrected chi connectivity index (χ2v) is 6.54. The van der Waals surface area contributed by atoms with Crippen molar-refractivity contribution in [3.05, 3.63) is 47.8 Å². The second kappa shape index (κ2) is 7.05. The number of hydrogen-bond acceptors (Lipinski definition) is 3. The summed E-state index contributed by atoms with van der Waals surface area (Å²) in [4.78, 5) is 16.7. The molecule has 0 radical (unpaired) electrons. The van der Waals surface area contributed by atoms with Crippen molar-refractivity contribution in [1.29, 1.82) is 0 Å². The Kier molecular flexibility index (Phi) is 4.83. The molecule has 130 valence electrons. The third-order valence-corrected chi connectivity index (χ3v) is 4.48. The molecule has 1 atom stereocenters. The van der Waals surface area contributed by atoms with E-state index in [9.17, 15) is 4.79 Å². The fraction of sp³-hybridized carbons (Fsp3) is 0.350. The zero-order valence-electron chi connectivity index (χ0n) is 15.2. The van der Waals surface area contributed by atoms with Gasteiger partial charge in [0.1, 0.15) is 6.54 Å². The Balaban J connectivity index is 1.99. The number of aromatic nitrogens is 3. The zero-order chi connectivity index (χ0) is 18.0. The van der Waals surface area contributed by atoms with Crippen LogP contribution in [-0.4, -0.2) is 26.7 Å². The van der Waals surface area contributed by atoms with Crippen LogP contribution in [0.5, 0.6) is 0 Å². The van der Waals surface area contributed by atoms with Crippen molar-refractivity contribution in [2.75, 3.05) is 0 Å². The summed E-state index contributed by atoms with van der Waals surface area (Å²) in [5.41, 5.74) is 5.08. The van der Waals surface area contributed by atoms with E-state index in [4.69, 9.17) is 0 Å². The Bertz CT molecular complexity index is 896. The lowest BCUT2D eigenvalue weighted by Gasteiger charge is -2.11. The average Bonchev–Trinajstić information content (AvgIpc) is 2.91. The maximum Gasteiger partial charge on any atom is 0.242 e. The van der Waals surface area contributed by atoms with Crippen LogP contribution >= 0.6 is 0 Å². The van der Waals surface area contributed by atoms with Gasteiger partial charge >= 0.3 is 0 Å². The van der Waals surface area contributed by atoms with Gasteiger partial charge in [-0.1, -0.05) is 36.8 Å². The average molecular weight is 336 g/mol.